The molecule has 5 heteroatoms. The number of hydrogen-bond acceptors (Lipinski definition) is 5. The number of benzene rings is 2. The maximum atomic E-state index is 11.4. The molecular weight excluding hydrogens is 354 g/mol. The van der Waals surface area contributed by atoms with Gasteiger partial charge in [-0.05, 0) is 31.2 Å². The molecule has 0 radical (unpaired) electrons. The summed E-state index contributed by atoms with van der Waals surface area (Å²) in [6, 6.07) is 18.3. The molecule has 0 unspecified atom stereocenters. The number of carbonyl (C=O) groups is 1. The zero-order chi connectivity index (χ0) is 18.6. The number of nitrogens with zero attached hydrogens (tertiary/aromatic N) is 3. The fourth-order valence-electron chi connectivity index (χ4n) is 3.39. The smallest absolute Gasteiger partial charge is 0.159 e. The Hall–Kier alpha value is -2.50. The van der Waals surface area contributed by atoms with E-state index in [0.717, 1.165) is 49.0 Å². The summed E-state index contributed by atoms with van der Waals surface area (Å²) in [6.07, 6.45) is 0. The molecule has 0 saturated carbocycles. The van der Waals surface area contributed by atoms with E-state index in [9.17, 15) is 4.79 Å². The highest BCUT2D eigenvalue weighted by Gasteiger charge is 2.18. The van der Waals surface area contributed by atoms with Crippen molar-refractivity contribution in [1.82, 2.24) is 9.88 Å². The Kier molecular flexibility index (Phi) is 5.32. The number of ketones is 1. The van der Waals surface area contributed by atoms with Gasteiger partial charge in [0, 0.05) is 54.9 Å². The van der Waals surface area contributed by atoms with Gasteiger partial charge in [-0.25, -0.2) is 4.98 Å². The first kappa shape index (κ1) is 17.9. The third-order valence-electron chi connectivity index (χ3n) is 4.97. The predicted molar refractivity (Wildman–Crippen MR) is 111 cm³/mol. The fourth-order valence-corrected chi connectivity index (χ4v) is 4.21. The molecule has 1 aliphatic rings. The summed E-state index contributed by atoms with van der Waals surface area (Å²) in [5.74, 6) is 0.115. The molecule has 0 bridgehead atoms. The van der Waals surface area contributed by atoms with Crippen molar-refractivity contribution in [2.24, 2.45) is 0 Å². The molecule has 0 amide bonds. The van der Waals surface area contributed by atoms with Crippen LogP contribution in [0.3, 0.4) is 0 Å². The van der Waals surface area contributed by atoms with E-state index < -0.39 is 0 Å². The number of rotatable bonds is 5. The Morgan fingerprint density at radius 2 is 1.70 bits per heavy atom. The fraction of sp³-hybridized carbons (Fsp3) is 0.273. The third-order valence-corrected chi connectivity index (χ3v) is 5.91. The first-order valence-corrected chi connectivity index (χ1v) is 10.1. The Morgan fingerprint density at radius 1 is 1.00 bits per heavy atom. The highest BCUT2D eigenvalue weighted by molar-refractivity contribution is 7.13. The van der Waals surface area contributed by atoms with Crippen molar-refractivity contribution < 1.29 is 4.79 Å². The third kappa shape index (κ3) is 4.26. The summed E-state index contributed by atoms with van der Waals surface area (Å²) in [4.78, 5) is 21.1. The van der Waals surface area contributed by atoms with E-state index in [2.05, 4.69) is 51.6 Å². The Balaban J connectivity index is 1.33. The number of carbonyl (C=O) groups excluding carboxylic acids is 1. The van der Waals surface area contributed by atoms with Gasteiger partial charge in [-0.3, -0.25) is 9.69 Å². The highest BCUT2D eigenvalue weighted by Crippen LogP contribution is 2.24. The van der Waals surface area contributed by atoms with Gasteiger partial charge in [-0.2, -0.15) is 0 Å². The van der Waals surface area contributed by atoms with Gasteiger partial charge in [0.15, 0.2) is 5.78 Å². The Morgan fingerprint density at radius 3 is 2.37 bits per heavy atom. The minimum Gasteiger partial charge on any atom is -0.369 e. The van der Waals surface area contributed by atoms with Crippen molar-refractivity contribution in [3.05, 3.63) is 71.2 Å². The number of aromatic nitrogens is 1. The Bertz CT molecular complexity index is 897. The van der Waals surface area contributed by atoms with Gasteiger partial charge in [0.25, 0.3) is 0 Å². The maximum Gasteiger partial charge on any atom is 0.159 e. The summed E-state index contributed by atoms with van der Waals surface area (Å²) in [6.45, 7) is 6.54. The average Bonchev–Trinajstić information content (AvgIpc) is 3.18. The van der Waals surface area contributed by atoms with Gasteiger partial charge >= 0.3 is 0 Å². The molecular formula is C22H23N3OS. The van der Waals surface area contributed by atoms with Gasteiger partial charge in [-0.1, -0.05) is 30.3 Å². The summed E-state index contributed by atoms with van der Waals surface area (Å²) < 4.78 is 0. The van der Waals surface area contributed by atoms with Crippen LogP contribution in [0.4, 0.5) is 5.69 Å². The van der Waals surface area contributed by atoms with Crippen molar-refractivity contribution in [2.75, 3.05) is 31.1 Å². The van der Waals surface area contributed by atoms with Crippen LogP contribution in [0.2, 0.25) is 0 Å². The van der Waals surface area contributed by atoms with Crippen LogP contribution in [0.1, 0.15) is 23.0 Å². The lowest BCUT2D eigenvalue weighted by Crippen LogP contribution is -2.46. The highest BCUT2D eigenvalue weighted by atomic mass is 32.1. The number of anilines is 1. The number of piperazine rings is 1. The second-order valence-electron chi connectivity index (χ2n) is 6.88. The van der Waals surface area contributed by atoms with Crippen LogP contribution in [-0.4, -0.2) is 41.8 Å². The molecule has 1 aromatic heterocycles. The molecule has 0 spiro atoms. The predicted octanol–water partition coefficient (Wildman–Crippen LogP) is 4.33. The first-order valence-electron chi connectivity index (χ1n) is 9.27. The second kappa shape index (κ2) is 8.03. The van der Waals surface area contributed by atoms with E-state index in [1.807, 2.05) is 18.2 Å². The molecule has 4 nitrogen and oxygen atoms in total. The topological polar surface area (TPSA) is 36.4 Å². The van der Waals surface area contributed by atoms with Crippen molar-refractivity contribution in [2.45, 2.75) is 13.5 Å². The summed E-state index contributed by atoms with van der Waals surface area (Å²) in [5, 5.41) is 3.27. The van der Waals surface area contributed by atoms with Crippen LogP contribution in [-0.2, 0) is 6.54 Å². The van der Waals surface area contributed by atoms with Crippen molar-refractivity contribution >= 4 is 22.8 Å². The maximum absolute atomic E-state index is 11.4. The zero-order valence-electron chi connectivity index (χ0n) is 15.5. The first-order chi connectivity index (χ1) is 13.2. The summed E-state index contributed by atoms with van der Waals surface area (Å²) in [5.41, 5.74) is 4.31. The van der Waals surface area contributed by atoms with E-state index in [-0.39, 0.29) is 5.78 Å². The monoisotopic (exact) mass is 377 g/mol. The summed E-state index contributed by atoms with van der Waals surface area (Å²) >= 11 is 1.72. The molecule has 4 rings (SSSR count). The molecule has 0 atom stereocenters. The van der Waals surface area contributed by atoms with E-state index in [0.29, 0.717) is 0 Å². The van der Waals surface area contributed by atoms with Crippen LogP contribution < -0.4 is 4.90 Å². The molecule has 1 saturated heterocycles. The molecule has 1 fully saturated rings. The second-order valence-corrected chi connectivity index (χ2v) is 7.73. The molecule has 1 aliphatic heterocycles. The quantitative estimate of drug-likeness (QED) is 0.620. The van der Waals surface area contributed by atoms with E-state index >= 15 is 0 Å². The largest absolute Gasteiger partial charge is 0.369 e. The van der Waals surface area contributed by atoms with Crippen molar-refractivity contribution in [3.63, 3.8) is 0 Å². The van der Waals surface area contributed by atoms with E-state index in [1.165, 1.54) is 11.3 Å². The number of thiazole rings is 1. The zero-order valence-corrected chi connectivity index (χ0v) is 16.3. The number of Topliss-reactive ketones (excluding diaryl/α,β-unsaturated/α-hetero) is 1. The van der Waals surface area contributed by atoms with Crippen molar-refractivity contribution in [1.29, 1.82) is 0 Å². The van der Waals surface area contributed by atoms with Gasteiger partial charge < -0.3 is 4.90 Å². The van der Waals surface area contributed by atoms with Gasteiger partial charge in [-0.15, -0.1) is 11.3 Å². The van der Waals surface area contributed by atoms with Crippen LogP contribution in [0.15, 0.2) is 60.0 Å². The molecule has 3 aromatic rings. The lowest BCUT2D eigenvalue weighted by atomic mass is 10.1. The lowest BCUT2D eigenvalue weighted by Gasteiger charge is -2.35. The summed E-state index contributed by atoms with van der Waals surface area (Å²) in [7, 11) is 0. The standard InChI is InChI=1S/C22H23N3OS/c1-17(26)18-7-9-21(10-8-18)25-13-11-24(12-14-25)15-20-16-27-22(23-20)19-5-3-2-4-6-19/h2-10,16H,11-15H2,1H3. The lowest BCUT2D eigenvalue weighted by molar-refractivity contribution is 0.101. The molecule has 2 aromatic carbocycles. The molecule has 0 aliphatic carbocycles. The molecule has 2 heterocycles. The molecule has 0 N–H and O–H groups in total. The van der Waals surface area contributed by atoms with Crippen LogP contribution >= 0.6 is 11.3 Å². The van der Waals surface area contributed by atoms with Crippen LogP contribution in [0.25, 0.3) is 10.6 Å². The number of hydrogen-bond donors (Lipinski definition) is 0. The molecule has 27 heavy (non-hydrogen) atoms. The average molecular weight is 378 g/mol. The van der Waals surface area contributed by atoms with E-state index in [1.54, 1.807) is 18.3 Å². The Labute approximate surface area is 164 Å². The van der Waals surface area contributed by atoms with Crippen molar-refractivity contribution in [3.8, 4) is 10.6 Å². The van der Waals surface area contributed by atoms with Crippen LogP contribution in [0, 0.1) is 0 Å². The SMILES string of the molecule is CC(=O)c1ccc(N2CCN(Cc3csc(-c4ccccc4)n3)CC2)cc1. The minimum absolute atomic E-state index is 0.115. The van der Waals surface area contributed by atoms with Gasteiger partial charge in [0.2, 0.25) is 0 Å². The van der Waals surface area contributed by atoms with Crippen LogP contribution in [0.5, 0.6) is 0 Å². The van der Waals surface area contributed by atoms with Gasteiger partial charge in [0.05, 0.1) is 5.69 Å². The normalized spacial score (nSPS) is 15.1. The molecule has 138 valence electrons. The minimum atomic E-state index is 0.115. The van der Waals surface area contributed by atoms with Gasteiger partial charge in [0.1, 0.15) is 5.01 Å². The van der Waals surface area contributed by atoms with E-state index in [4.69, 9.17) is 4.98 Å².